The van der Waals surface area contributed by atoms with Gasteiger partial charge in [-0.3, -0.25) is 9.47 Å². The molecule has 0 amide bonds. The number of ether oxygens (including phenoxy) is 1. The standard InChI is InChI=1S/C25H27F2N3O3/c1-14-3-2-4-15(7-14)10-30-24(31)19-11-29(12-20(19)25(30)32)17-9-22(28)23(33-13-17)18-8-16(26)5-6-21(18)27/h2-8,17,22-23,31-32H,9-13,28H2,1H3. The van der Waals surface area contributed by atoms with Gasteiger partial charge in [0.25, 0.3) is 0 Å². The van der Waals surface area contributed by atoms with Crippen LogP contribution < -0.4 is 5.73 Å². The Balaban J connectivity index is 1.29. The van der Waals surface area contributed by atoms with Gasteiger partial charge in [0.1, 0.15) is 17.7 Å². The monoisotopic (exact) mass is 455 g/mol. The van der Waals surface area contributed by atoms with Gasteiger partial charge in [-0.05, 0) is 37.1 Å². The zero-order valence-corrected chi connectivity index (χ0v) is 18.3. The second-order valence-corrected chi connectivity index (χ2v) is 9.06. The maximum absolute atomic E-state index is 14.2. The third-order valence-corrected chi connectivity index (χ3v) is 6.74. The maximum atomic E-state index is 14.2. The lowest BCUT2D eigenvalue weighted by Gasteiger charge is -2.38. The molecule has 1 saturated heterocycles. The topological polar surface area (TPSA) is 83.9 Å². The van der Waals surface area contributed by atoms with Crippen molar-refractivity contribution in [1.29, 1.82) is 0 Å². The average molecular weight is 456 g/mol. The number of halogens is 2. The third kappa shape index (κ3) is 3.99. The first-order chi connectivity index (χ1) is 15.8. The molecule has 0 aliphatic carbocycles. The SMILES string of the molecule is Cc1cccc(Cn2c(O)c3c(c2O)CN(C2COC(c4cc(F)ccc4F)C(N)C2)C3)c1. The summed E-state index contributed by atoms with van der Waals surface area (Å²) in [6.45, 7) is 3.58. The van der Waals surface area contributed by atoms with Gasteiger partial charge in [0, 0.05) is 41.9 Å². The van der Waals surface area contributed by atoms with Crippen molar-refractivity contribution < 1.29 is 23.7 Å². The van der Waals surface area contributed by atoms with Crippen LogP contribution in [0.1, 0.15) is 40.3 Å². The number of rotatable bonds is 4. The molecule has 0 spiro atoms. The lowest BCUT2D eigenvalue weighted by molar-refractivity contribution is -0.0533. The normalized spacial score (nSPS) is 23.1. The fourth-order valence-corrected chi connectivity index (χ4v) is 5.04. The molecule has 0 saturated carbocycles. The van der Waals surface area contributed by atoms with Gasteiger partial charge in [0.15, 0.2) is 11.8 Å². The molecule has 3 aromatic rings. The maximum Gasteiger partial charge on any atom is 0.199 e. The van der Waals surface area contributed by atoms with Crippen molar-refractivity contribution in [1.82, 2.24) is 9.47 Å². The van der Waals surface area contributed by atoms with E-state index in [1.807, 2.05) is 31.2 Å². The molecule has 5 rings (SSSR count). The van der Waals surface area contributed by atoms with E-state index < -0.39 is 23.8 Å². The van der Waals surface area contributed by atoms with E-state index in [2.05, 4.69) is 4.90 Å². The average Bonchev–Trinajstić information content (AvgIpc) is 3.31. The predicted octanol–water partition coefficient (Wildman–Crippen LogP) is 3.71. The van der Waals surface area contributed by atoms with E-state index >= 15 is 0 Å². The highest BCUT2D eigenvalue weighted by atomic mass is 19.1. The second kappa shape index (κ2) is 8.44. The number of fused-ring (bicyclic) bond motifs is 1. The molecule has 2 aromatic carbocycles. The second-order valence-electron chi connectivity index (χ2n) is 9.06. The minimum absolute atomic E-state index is 0.0623. The van der Waals surface area contributed by atoms with Crippen LogP contribution in [-0.4, -0.2) is 38.4 Å². The lowest BCUT2D eigenvalue weighted by atomic mass is 9.93. The third-order valence-electron chi connectivity index (χ3n) is 6.74. The van der Waals surface area contributed by atoms with Crippen LogP contribution in [0.4, 0.5) is 8.78 Å². The number of nitrogens with two attached hydrogens (primary N) is 1. The highest BCUT2D eigenvalue weighted by molar-refractivity contribution is 5.48. The zero-order chi connectivity index (χ0) is 23.3. The van der Waals surface area contributed by atoms with Crippen LogP contribution in [0.5, 0.6) is 11.8 Å². The molecular formula is C25H27F2N3O3. The van der Waals surface area contributed by atoms with Crippen molar-refractivity contribution in [3.8, 4) is 11.8 Å². The van der Waals surface area contributed by atoms with Crippen molar-refractivity contribution in [3.63, 3.8) is 0 Å². The largest absolute Gasteiger partial charge is 0.494 e. The van der Waals surface area contributed by atoms with Crippen molar-refractivity contribution in [2.75, 3.05) is 6.61 Å². The summed E-state index contributed by atoms with van der Waals surface area (Å²) >= 11 is 0. The van der Waals surface area contributed by atoms with Gasteiger partial charge < -0.3 is 20.7 Å². The van der Waals surface area contributed by atoms with Crippen molar-refractivity contribution in [3.05, 3.63) is 81.9 Å². The fourth-order valence-electron chi connectivity index (χ4n) is 5.04. The van der Waals surface area contributed by atoms with Crippen LogP contribution >= 0.6 is 0 Å². The summed E-state index contributed by atoms with van der Waals surface area (Å²) in [6, 6.07) is 10.6. The molecule has 2 aliphatic rings. The van der Waals surface area contributed by atoms with Crippen LogP contribution in [0, 0.1) is 18.6 Å². The summed E-state index contributed by atoms with van der Waals surface area (Å²) in [5.41, 5.74) is 9.95. The Morgan fingerprint density at radius 3 is 2.45 bits per heavy atom. The number of hydrogen-bond acceptors (Lipinski definition) is 5. The highest BCUT2D eigenvalue weighted by Gasteiger charge is 2.39. The van der Waals surface area contributed by atoms with E-state index in [4.69, 9.17) is 10.5 Å². The Kier molecular flexibility index (Phi) is 5.60. The summed E-state index contributed by atoms with van der Waals surface area (Å²) in [5.74, 6) is -0.943. The Morgan fingerprint density at radius 2 is 1.79 bits per heavy atom. The molecule has 0 radical (unpaired) electrons. The van der Waals surface area contributed by atoms with Gasteiger partial charge in [0.2, 0.25) is 0 Å². The van der Waals surface area contributed by atoms with Gasteiger partial charge in [0.05, 0.1) is 13.2 Å². The predicted molar refractivity (Wildman–Crippen MR) is 119 cm³/mol. The molecule has 8 heteroatoms. The van der Waals surface area contributed by atoms with E-state index in [1.54, 1.807) is 0 Å². The number of aromatic nitrogens is 1. The fraction of sp³-hybridized carbons (Fsp3) is 0.360. The quantitative estimate of drug-likeness (QED) is 0.559. The van der Waals surface area contributed by atoms with Gasteiger partial charge in [-0.2, -0.15) is 0 Å². The van der Waals surface area contributed by atoms with Crippen molar-refractivity contribution in [2.24, 2.45) is 5.73 Å². The Morgan fingerprint density at radius 1 is 1.06 bits per heavy atom. The van der Waals surface area contributed by atoms with Gasteiger partial charge in [-0.1, -0.05) is 29.8 Å². The molecule has 4 N–H and O–H groups in total. The number of nitrogens with zero attached hydrogens (tertiary/aromatic N) is 2. The number of aryl methyl sites for hydroxylation is 1. The van der Waals surface area contributed by atoms with E-state index in [0.717, 1.165) is 29.3 Å². The van der Waals surface area contributed by atoms with Crippen LogP contribution in [0.2, 0.25) is 0 Å². The molecule has 0 bridgehead atoms. The molecule has 1 fully saturated rings. The first kappa shape index (κ1) is 21.9. The first-order valence-corrected chi connectivity index (χ1v) is 11.1. The van der Waals surface area contributed by atoms with E-state index in [1.165, 1.54) is 4.57 Å². The lowest BCUT2D eigenvalue weighted by Crippen LogP contribution is -2.47. The van der Waals surface area contributed by atoms with Crippen LogP contribution in [0.15, 0.2) is 42.5 Å². The number of benzene rings is 2. The Bertz CT molecular complexity index is 1170. The smallest absolute Gasteiger partial charge is 0.199 e. The summed E-state index contributed by atoms with van der Waals surface area (Å²) in [4.78, 5) is 2.10. The van der Waals surface area contributed by atoms with Crippen LogP contribution in [0.3, 0.4) is 0 Å². The van der Waals surface area contributed by atoms with E-state index in [-0.39, 0.29) is 23.4 Å². The number of hydrogen-bond donors (Lipinski definition) is 3. The Hall–Kier alpha value is -2.94. The minimum atomic E-state index is -0.718. The van der Waals surface area contributed by atoms with E-state index in [9.17, 15) is 19.0 Å². The molecule has 1 aromatic heterocycles. The van der Waals surface area contributed by atoms with Crippen molar-refractivity contribution in [2.45, 2.75) is 51.2 Å². The molecule has 6 nitrogen and oxygen atoms in total. The van der Waals surface area contributed by atoms with E-state index in [0.29, 0.717) is 43.8 Å². The Labute approximate surface area is 190 Å². The summed E-state index contributed by atoms with van der Waals surface area (Å²) in [6.07, 6.45) is -0.195. The number of aromatic hydroxyl groups is 2. The summed E-state index contributed by atoms with van der Waals surface area (Å²) in [5, 5.41) is 21.6. The highest BCUT2D eigenvalue weighted by Crippen LogP contribution is 2.42. The molecule has 3 unspecified atom stereocenters. The van der Waals surface area contributed by atoms with Crippen LogP contribution in [0.25, 0.3) is 0 Å². The van der Waals surface area contributed by atoms with Crippen molar-refractivity contribution >= 4 is 0 Å². The molecular weight excluding hydrogens is 428 g/mol. The molecule has 3 atom stereocenters. The first-order valence-electron chi connectivity index (χ1n) is 11.1. The summed E-state index contributed by atoms with van der Waals surface area (Å²) in [7, 11) is 0. The van der Waals surface area contributed by atoms with Gasteiger partial charge >= 0.3 is 0 Å². The molecule has 33 heavy (non-hydrogen) atoms. The van der Waals surface area contributed by atoms with Gasteiger partial charge in [-0.25, -0.2) is 8.78 Å². The van der Waals surface area contributed by atoms with Crippen LogP contribution in [-0.2, 0) is 24.4 Å². The summed E-state index contributed by atoms with van der Waals surface area (Å²) < 4.78 is 35.2. The molecule has 2 aliphatic heterocycles. The molecule has 174 valence electrons. The molecule has 3 heterocycles. The van der Waals surface area contributed by atoms with Gasteiger partial charge in [-0.15, -0.1) is 0 Å². The zero-order valence-electron chi connectivity index (χ0n) is 18.3. The minimum Gasteiger partial charge on any atom is -0.494 e.